The van der Waals surface area contributed by atoms with Gasteiger partial charge < -0.3 is 10.6 Å². The Kier molecular flexibility index (Phi) is 6.55. The fourth-order valence-electron chi connectivity index (χ4n) is 4.57. The van der Waals surface area contributed by atoms with Gasteiger partial charge in [-0.05, 0) is 56.1 Å². The summed E-state index contributed by atoms with van der Waals surface area (Å²) in [7, 11) is -1.38. The number of carbonyl (C=O) groups is 1. The van der Waals surface area contributed by atoms with Gasteiger partial charge in [0.15, 0.2) is 0 Å². The average Bonchev–Trinajstić information content (AvgIpc) is 3.46. The van der Waals surface area contributed by atoms with Crippen molar-refractivity contribution in [3.05, 3.63) is 65.7 Å². The highest BCUT2D eigenvalue weighted by molar-refractivity contribution is 7.92. The minimum absolute atomic E-state index is 0.00669. The molecule has 32 heavy (non-hydrogen) atoms. The van der Waals surface area contributed by atoms with E-state index in [1.165, 1.54) is 0 Å². The van der Waals surface area contributed by atoms with Crippen molar-refractivity contribution in [2.75, 3.05) is 37.7 Å². The van der Waals surface area contributed by atoms with Crippen LogP contribution in [0.1, 0.15) is 36.4 Å². The molecule has 8 heteroatoms. The van der Waals surface area contributed by atoms with Gasteiger partial charge in [-0.3, -0.25) is 14.4 Å². The third-order valence-electron chi connectivity index (χ3n) is 6.53. The maximum absolute atomic E-state index is 13.5. The van der Waals surface area contributed by atoms with Crippen LogP contribution in [0.3, 0.4) is 0 Å². The first kappa shape index (κ1) is 22.8. The quantitative estimate of drug-likeness (QED) is 0.538. The number of nitrogens with one attached hydrogen (secondary N) is 3. The van der Waals surface area contributed by atoms with Crippen molar-refractivity contribution in [3.8, 4) is 0 Å². The second kappa shape index (κ2) is 9.21. The number of benzene rings is 2. The molecule has 1 amide bonds. The Hall–Kier alpha value is -2.42. The highest BCUT2D eigenvalue weighted by Crippen LogP contribution is 2.49. The molecule has 1 saturated heterocycles. The number of anilines is 1. The van der Waals surface area contributed by atoms with Gasteiger partial charge >= 0.3 is 0 Å². The van der Waals surface area contributed by atoms with Crippen molar-refractivity contribution in [2.24, 2.45) is 0 Å². The van der Waals surface area contributed by atoms with Crippen LogP contribution in [-0.2, 0) is 20.2 Å². The monoisotopic (exact) mass is 456 g/mol. The fraction of sp³-hybridized carbons (Fsp3) is 0.458. The van der Waals surface area contributed by atoms with Crippen molar-refractivity contribution in [2.45, 2.75) is 36.8 Å². The Balaban J connectivity index is 1.52. The molecule has 1 aliphatic heterocycles. The van der Waals surface area contributed by atoms with Gasteiger partial charge in [-0.25, -0.2) is 8.42 Å². The number of amides is 1. The fourth-order valence-corrected chi connectivity index (χ4v) is 5.13. The molecule has 1 heterocycles. The van der Waals surface area contributed by atoms with E-state index in [9.17, 15) is 13.2 Å². The second-order valence-electron chi connectivity index (χ2n) is 9.01. The SMILES string of the molecule is CNC1CCN(CC(NC(=O)C2(c3cccc(NS(C)(=O)=O)c3)CC2)c2ccccc2)C1. The van der Waals surface area contributed by atoms with Gasteiger partial charge in [0.1, 0.15) is 0 Å². The van der Waals surface area contributed by atoms with E-state index >= 15 is 0 Å². The van der Waals surface area contributed by atoms with Gasteiger partial charge in [-0.1, -0.05) is 42.5 Å². The Bertz CT molecular complexity index is 1050. The number of sulfonamides is 1. The van der Waals surface area contributed by atoms with Crippen LogP contribution in [0, 0.1) is 0 Å². The average molecular weight is 457 g/mol. The summed E-state index contributed by atoms with van der Waals surface area (Å²) in [5, 5.41) is 6.67. The van der Waals surface area contributed by atoms with E-state index in [1.54, 1.807) is 18.2 Å². The summed E-state index contributed by atoms with van der Waals surface area (Å²) in [6.45, 7) is 2.74. The molecule has 172 valence electrons. The summed E-state index contributed by atoms with van der Waals surface area (Å²) in [4.78, 5) is 15.9. The molecule has 7 nitrogen and oxygen atoms in total. The molecular weight excluding hydrogens is 424 g/mol. The van der Waals surface area contributed by atoms with Crippen LogP contribution in [0.5, 0.6) is 0 Å². The molecule has 2 unspecified atom stereocenters. The standard InChI is InChI=1S/C24H32N4O3S/c1-25-21-11-14-28(16-21)17-22(18-7-4-3-5-8-18)26-23(29)24(12-13-24)19-9-6-10-20(15-19)27-32(2,30)31/h3-10,15,21-22,25,27H,11-14,16-17H2,1-2H3,(H,26,29). The number of likely N-dealkylation sites (N-methyl/N-ethyl adjacent to an activating group) is 1. The Labute approximate surface area is 190 Å². The number of rotatable bonds is 9. The lowest BCUT2D eigenvalue weighted by atomic mass is 9.93. The van der Waals surface area contributed by atoms with E-state index in [1.807, 2.05) is 31.3 Å². The Morgan fingerprint density at radius 2 is 1.91 bits per heavy atom. The van der Waals surface area contributed by atoms with E-state index in [2.05, 4.69) is 32.4 Å². The first-order valence-electron chi connectivity index (χ1n) is 11.1. The molecule has 2 aliphatic rings. The molecule has 0 bridgehead atoms. The first-order valence-corrected chi connectivity index (χ1v) is 13.0. The summed E-state index contributed by atoms with van der Waals surface area (Å²) < 4.78 is 25.8. The molecule has 1 aliphatic carbocycles. The number of nitrogens with zero attached hydrogens (tertiary/aromatic N) is 1. The van der Waals surface area contributed by atoms with E-state index in [0.29, 0.717) is 11.7 Å². The second-order valence-corrected chi connectivity index (χ2v) is 10.8. The highest BCUT2D eigenvalue weighted by atomic mass is 32.2. The topological polar surface area (TPSA) is 90.5 Å². The molecule has 4 rings (SSSR count). The molecule has 3 N–H and O–H groups in total. The lowest BCUT2D eigenvalue weighted by Crippen LogP contribution is -2.42. The van der Waals surface area contributed by atoms with E-state index < -0.39 is 15.4 Å². The van der Waals surface area contributed by atoms with Crippen LogP contribution >= 0.6 is 0 Å². The van der Waals surface area contributed by atoms with E-state index in [4.69, 9.17) is 0 Å². The zero-order chi connectivity index (χ0) is 22.8. The number of likely N-dealkylation sites (tertiary alicyclic amines) is 1. The van der Waals surface area contributed by atoms with Gasteiger partial charge in [0.25, 0.3) is 0 Å². The lowest BCUT2D eigenvalue weighted by molar-refractivity contribution is -0.124. The normalized spacial score (nSPS) is 21.1. The smallest absolute Gasteiger partial charge is 0.231 e. The van der Waals surface area contributed by atoms with Crippen molar-refractivity contribution >= 4 is 21.6 Å². The first-order chi connectivity index (χ1) is 15.3. The van der Waals surface area contributed by atoms with Crippen molar-refractivity contribution in [1.29, 1.82) is 0 Å². The summed E-state index contributed by atoms with van der Waals surface area (Å²) >= 11 is 0. The van der Waals surface area contributed by atoms with Crippen molar-refractivity contribution in [1.82, 2.24) is 15.5 Å². The zero-order valence-electron chi connectivity index (χ0n) is 18.7. The summed E-state index contributed by atoms with van der Waals surface area (Å²) in [6, 6.07) is 17.7. The number of hydrogen-bond acceptors (Lipinski definition) is 5. The molecule has 2 atom stereocenters. The van der Waals surface area contributed by atoms with Crippen molar-refractivity contribution in [3.63, 3.8) is 0 Å². The molecule has 0 aromatic heterocycles. The van der Waals surface area contributed by atoms with Crippen LogP contribution < -0.4 is 15.4 Å². The Morgan fingerprint density at radius 1 is 1.16 bits per heavy atom. The minimum Gasteiger partial charge on any atom is -0.347 e. The largest absolute Gasteiger partial charge is 0.347 e. The molecule has 1 saturated carbocycles. The predicted molar refractivity (Wildman–Crippen MR) is 127 cm³/mol. The van der Waals surface area contributed by atoms with Crippen LogP contribution in [0.25, 0.3) is 0 Å². The maximum atomic E-state index is 13.5. The lowest BCUT2D eigenvalue weighted by Gasteiger charge is -2.27. The minimum atomic E-state index is -3.38. The van der Waals surface area contributed by atoms with Crippen molar-refractivity contribution < 1.29 is 13.2 Å². The van der Waals surface area contributed by atoms with Gasteiger partial charge in [0.05, 0.1) is 17.7 Å². The number of carbonyl (C=O) groups excluding carboxylic acids is 1. The third kappa shape index (κ3) is 5.31. The molecular formula is C24H32N4O3S. The van der Waals surface area contributed by atoms with Gasteiger partial charge in [-0.2, -0.15) is 0 Å². The zero-order valence-corrected chi connectivity index (χ0v) is 19.5. The molecule has 2 fully saturated rings. The number of hydrogen-bond donors (Lipinski definition) is 3. The molecule has 0 spiro atoms. The van der Waals surface area contributed by atoms with E-state index in [-0.39, 0.29) is 11.9 Å². The summed E-state index contributed by atoms with van der Waals surface area (Å²) in [6.07, 6.45) is 3.75. The van der Waals surface area contributed by atoms with E-state index in [0.717, 1.165) is 56.3 Å². The van der Waals surface area contributed by atoms with Crippen LogP contribution in [-0.4, -0.2) is 58.2 Å². The van der Waals surface area contributed by atoms with Gasteiger partial charge in [0, 0.05) is 24.8 Å². The third-order valence-corrected chi connectivity index (χ3v) is 7.14. The molecule has 0 radical (unpaired) electrons. The highest BCUT2D eigenvalue weighted by Gasteiger charge is 2.51. The maximum Gasteiger partial charge on any atom is 0.231 e. The predicted octanol–water partition coefficient (Wildman–Crippen LogP) is 2.24. The summed E-state index contributed by atoms with van der Waals surface area (Å²) in [5.41, 5.74) is 1.84. The Morgan fingerprint density at radius 3 is 2.53 bits per heavy atom. The molecule has 2 aromatic rings. The van der Waals surface area contributed by atoms with Crippen LogP contribution in [0.4, 0.5) is 5.69 Å². The van der Waals surface area contributed by atoms with Gasteiger partial charge in [0.2, 0.25) is 15.9 Å². The van der Waals surface area contributed by atoms with Crippen LogP contribution in [0.15, 0.2) is 54.6 Å². The van der Waals surface area contributed by atoms with Crippen LogP contribution in [0.2, 0.25) is 0 Å². The summed E-state index contributed by atoms with van der Waals surface area (Å²) in [5.74, 6) is 0.00669. The molecule has 2 aromatic carbocycles. The van der Waals surface area contributed by atoms with Gasteiger partial charge in [-0.15, -0.1) is 0 Å².